The summed E-state index contributed by atoms with van der Waals surface area (Å²) in [5.74, 6) is 0.597. The Hall–Kier alpha value is -0.190. The lowest BCUT2D eigenvalue weighted by molar-refractivity contribution is 0.121. The maximum Gasteiger partial charge on any atom is 0.0740 e. The summed E-state index contributed by atoms with van der Waals surface area (Å²) >= 11 is 4.83. The molecule has 0 saturated carbocycles. The van der Waals surface area contributed by atoms with Gasteiger partial charge in [0.2, 0.25) is 0 Å². The summed E-state index contributed by atoms with van der Waals surface area (Å²) in [5, 5.41) is 9.30. The van der Waals surface area contributed by atoms with Gasteiger partial charge in [-0.1, -0.05) is 26.1 Å². The molecule has 1 unspecified atom stereocenters. The van der Waals surface area contributed by atoms with Crippen molar-refractivity contribution in [2.24, 2.45) is 11.7 Å². The standard InChI is InChI=1S/C10H22N2OS/c1-8(2)6-12(7-9(3)13)5-4-10(11)14/h8-9,13H,4-7H2,1-3H3,(H2,11,14). The molecule has 4 heteroatoms. The van der Waals surface area contributed by atoms with E-state index in [1.165, 1.54) is 0 Å². The van der Waals surface area contributed by atoms with E-state index in [2.05, 4.69) is 18.7 Å². The zero-order valence-electron chi connectivity index (χ0n) is 9.36. The predicted octanol–water partition coefficient (Wildman–Crippen LogP) is 1.00. The molecule has 0 aromatic carbocycles. The first-order valence-electron chi connectivity index (χ1n) is 5.10. The molecule has 0 heterocycles. The van der Waals surface area contributed by atoms with Crippen molar-refractivity contribution in [2.75, 3.05) is 19.6 Å². The van der Waals surface area contributed by atoms with Crippen LogP contribution in [-0.2, 0) is 0 Å². The highest BCUT2D eigenvalue weighted by molar-refractivity contribution is 7.80. The third kappa shape index (κ3) is 8.41. The Morgan fingerprint density at radius 2 is 1.93 bits per heavy atom. The van der Waals surface area contributed by atoms with E-state index in [4.69, 9.17) is 18.0 Å². The van der Waals surface area contributed by atoms with E-state index in [0.29, 0.717) is 17.5 Å². The van der Waals surface area contributed by atoms with E-state index in [-0.39, 0.29) is 6.10 Å². The molecule has 0 fully saturated rings. The molecule has 3 N–H and O–H groups in total. The van der Waals surface area contributed by atoms with E-state index < -0.39 is 0 Å². The largest absolute Gasteiger partial charge is 0.393 e. The number of nitrogens with two attached hydrogens (primary N) is 1. The molecule has 0 aliphatic rings. The average Bonchev–Trinajstić information content (AvgIpc) is 1.97. The van der Waals surface area contributed by atoms with Gasteiger partial charge in [0.15, 0.2) is 0 Å². The van der Waals surface area contributed by atoms with Gasteiger partial charge in [0.25, 0.3) is 0 Å². The highest BCUT2D eigenvalue weighted by Gasteiger charge is 2.09. The highest BCUT2D eigenvalue weighted by atomic mass is 32.1. The van der Waals surface area contributed by atoms with E-state index in [0.717, 1.165) is 19.5 Å². The van der Waals surface area contributed by atoms with Crippen molar-refractivity contribution in [3.05, 3.63) is 0 Å². The highest BCUT2D eigenvalue weighted by Crippen LogP contribution is 2.01. The zero-order chi connectivity index (χ0) is 11.1. The molecule has 0 amide bonds. The first kappa shape index (κ1) is 13.8. The van der Waals surface area contributed by atoms with Gasteiger partial charge < -0.3 is 15.7 Å². The van der Waals surface area contributed by atoms with Gasteiger partial charge in [-0.05, 0) is 12.8 Å². The van der Waals surface area contributed by atoms with E-state index in [9.17, 15) is 5.11 Å². The summed E-state index contributed by atoms with van der Waals surface area (Å²) in [4.78, 5) is 2.75. The molecule has 3 nitrogen and oxygen atoms in total. The van der Waals surface area contributed by atoms with E-state index in [1.807, 2.05) is 0 Å². The molecule has 0 saturated heterocycles. The second-order valence-electron chi connectivity index (χ2n) is 4.22. The van der Waals surface area contributed by atoms with Crippen LogP contribution >= 0.6 is 12.2 Å². The number of rotatable bonds is 7. The second kappa shape index (κ2) is 7.15. The van der Waals surface area contributed by atoms with E-state index >= 15 is 0 Å². The monoisotopic (exact) mass is 218 g/mol. The zero-order valence-corrected chi connectivity index (χ0v) is 10.2. The quantitative estimate of drug-likeness (QED) is 0.626. The number of thiocarbonyl (C=S) groups is 1. The lowest BCUT2D eigenvalue weighted by Crippen LogP contribution is -2.36. The molecular weight excluding hydrogens is 196 g/mol. The van der Waals surface area contributed by atoms with Crippen molar-refractivity contribution in [1.82, 2.24) is 4.90 Å². The molecule has 14 heavy (non-hydrogen) atoms. The minimum absolute atomic E-state index is 0.292. The summed E-state index contributed by atoms with van der Waals surface area (Å²) in [6.45, 7) is 8.65. The summed E-state index contributed by atoms with van der Waals surface area (Å²) in [6.07, 6.45) is 0.439. The molecule has 0 aromatic rings. The first-order valence-corrected chi connectivity index (χ1v) is 5.51. The lowest BCUT2D eigenvalue weighted by atomic mass is 10.2. The molecule has 0 aromatic heterocycles. The maximum absolute atomic E-state index is 9.30. The molecular formula is C10H22N2OS. The molecule has 0 bridgehead atoms. The number of aliphatic hydroxyl groups excluding tert-OH is 1. The molecule has 0 aliphatic carbocycles. The molecule has 84 valence electrons. The van der Waals surface area contributed by atoms with Crippen LogP contribution in [0.4, 0.5) is 0 Å². The van der Waals surface area contributed by atoms with Gasteiger partial charge in [0.05, 0.1) is 11.1 Å². The Kier molecular flexibility index (Phi) is 7.05. The van der Waals surface area contributed by atoms with Gasteiger partial charge >= 0.3 is 0 Å². The summed E-state index contributed by atoms with van der Waals surface area (Å²) < 4.78 is 0. The third-order valence-corrected chi connectivity index (χ3v) is 2.02. The second-order valence-corrected chi connectivity index (χ2v) is 4.74. The SMILES string of the molecule is CC(C)CN(CCC(N)=S)CC(C)O. The lowest BCUT2D eigenvalue weighted by Gasteiger charge is -2.25. The number of nitrogens with zero attached hydrogens (tertiary/aromatic N) is 1. The molecule has 0 spiro atoms. The van der Waals surface area contributed by atoms with Crippen molar-refractivity contribution in [1.29, 1.82) is 0 Å². The van der Waals surface area contributed by atoms with E-state index in [1.54, 1.807) is 6.92 Å². The summed E-state index contributed by atoms with van der Waals surface area (Å²) in [7, 11) is 0. The van der Waals surface area contributed by atoms with Gasteiger partial charge in [-0.15, -0.1) is 0 Å². The number of hydrogen-bond donors (Lipinski definition) is 2. The Bertz CT molecular complexity index is 162. The van der Waals surface area contributed by atoms with Gasteiger partial charge in [-0.25, -0.2) is 0 Å². The van der Waals surface area contributed by atoms with Crippen LogP contribution in [0.2, 0.25) is 0 Å². The Labute approximate surface area is 92.3 Å². The fourth-order valence-corrected chi connectivity index (χ4v) is 1.51. The summed E-state index contributed by atoms with van der Waals surface area (Å²) in [6, 6.07) is 0. The normalized spacial score (nSPS) is 13.6. The molecule has 0 aliphatic heterocycles. The van der Waals surface area contributed by atoms with Crippen molar-refractivity contribution in [3.8, 4) is 0 Å². The van der Waals surface area contributed by atoms with Crippen molar-refractivity contribution < 1.29 is 5.11 Å². The molecule has 1 atom stereocenters. The van der Waals surface area contributed by atoms with Crippen LogP contribution in [0.25, 0.3) is 0 Å². The van der Waals surface area contributed by atoms with Crippen molar-refractivity contribution >= 4 is 17.2 Å². The van der Waals surface area contributed by atoms with Crippen LogP contribution in [-0.4, -0.2) is 40.7 Å². The maximum atomic E-state index is 9.30. The van der Waals surface area contributed by atoms with Crippen LogP contribution in [0.3, 0.4) is 0 Å². The Morgan fingerprint density at radius 1 is 1.36 bits per heavy atom. The topological polar surface area (TPSA) is 49.5 Å². The van der Waals surface area contributed by atoms with Gasteiger partial charge in [0.1, 0.15) is 0 Å². The van der Waals surface area contributed by atoms with Crippen LogP contribution in [0.1, 0.15) is 27.2 Å². The van der Waals surface area contributed by atoms with Gasteiger partial charge in [0, 0.05) is 26.1 Å². The van der Waals surface area contributed by atoms with Crippen LogP contribution < -0.4 is 5.73 Å². The van der Waals surface area contributed by atoms with Crippen LogP contribution in [0, 0.1) is 5.92 Å². The number of aliphatic hydroxyl groups is 1. The average molecular weight is 218 g/mol. The number of hydrogen-bond acceptors (Lipinski definition) is 3. The van der Waals surface area contributed by atoms with Crippen LogP contribution in [0.15, 0.2) is 0 Å². The minimum Gasteiger partial charge on any atom is -0.393 e. The smallest absolute Gasteiger partial charge is 0.0740 e. The van der Waals surface area contributed by atoms with Crippen molar-refractivity contribution in [2.45, 2.75) is 33.3 Å². The Balaban J connectivity index is 3.90. The van der Waals surface area contributed by atoms with Gasteiger partial charge in [-0.3, -0.25) is 0 Å². The van der Waals surface area contributed by atoms with Gasteiger partial charge in [-0.2, -0.15) is 0 Å². The Morgan fingerprint density at radius 3 is 2.29 bits per heavy atom. The van der Waals surface area contributed by atoms with Crippen molar-refractivity contribution in [3.63, 3.8) is 0 Å². The first-order chi connectivity index (χ1) is 6.41. The fourth-order valence-electron chi connectivity index (χ4n) is 1.42. The summed E-state index contributed by atoms with van der Waals surface area (Å²) in [5.41, 5.74) is 5.44. The van der Waals surface area contributed by atoms with Crippen LogP contribution in [0.5, 0.6) is 0 Å². The fraction of sp³-hybridized carbons (Fsp3) is 0.900. The molecule has 0 radical (unpaired) electrons. The molecule has 0 rings (SSSR count). The minimum atomic E-state index is -0.292. The predicted molar refractivity (Wildman–Crippen MR) is 64.4 cm³/mol. The third-order valence-electron chi connectivity index (χ3n) is 1.82.